The molecule has 1 aliphatic heterocycles. The summed E-state index contributed by atoms with van der Waals surface area (Å²) >= 11 is 3.38. The molecule has 1 saturated heterocycles. The van der Waals surface area contributed by atoms with Gasteiger partial charge in [-0.05, 0) is 19.9 Å². The number of ether oxygens (including phenoxy) is 1. The fourth-order valence-electron chi connectivity index (χ4n) is 2.68. The fraction of sp³-hybridized carbons (Fsp3) is 0.625. The van der Waals surface area contributed by atoms with E-state index in [2.05, 4.69) is 24.7 Å². The van der Waals surface area contributed by atoms with E-state index in [1.165, 1.54) is 0 Å². The number of hydrogen-bond donors (Lipinski definition) is 1. The maximum absolute atomic E-state index is 5.40. The number of hydrogen-bond acceptors (Lipinski definition) is 7. The average molecular weight is 382 g/mol. The standard InChI is InChI=1S/C16H24N6OS2/c1-12-10-13(2)18-15(17-12)25-11-14-19-20-16(21(14)3)24-9-6-22-4-7-23-8-5-22/h10H,4-9,11H2,1-3H3/p+1. The van der Waals surface area contributed by atoms with Crippen molar-refractivity contribution in [2.24, 2.45) is 7.05 Å². The van der Waals surface area contributed by atoms with Crippen LogP contribution in [0.1, 0.15) is 17.2 Å². The Morgan fingerprint density at radius 1 is 1.12 bits per heavy atom. The smallest absolute Gasteiger partial charge is 0.191 e. The molecule has 0 bridgehead atoms. The van der Waals surface area contributed by atoms with Crippen LogP contribution in [0.3, 0.4) is 0 Å². The van der Waals surface area contributed by atoms with Crippen molar-refractivity contribution >= 4 is 23.5 Å². The lowest BCUT2D eigenvalue weighted by atomic mass is 10.4. The molecule has 25 heavy (non-hydrogen) atoms. The molecule has 0 spiro atoms. The molecule has 2 aromatic heterocycles. The Kier molecular flexibility index (Phi) is 6.69. The summed E-state index contributed by atoms with van der Waals surface area (Å²) in [6.45, 7) is 9.10. The third-order valence-corrected chi connectivity index (χ3v) is 5.97. The highest BCUT2D eigenvalue weighted by Gasteiger charge is 2.15. The highest BCUT2D eigenvalue weighted by Crippen LogP contribution is 2.21. The molecule has 7 nitrogen and oxygen atoms in total. The molecule has 1 fully saturated rings. The first kappa shape index (κ1) is 18.6. The topological polar surface area (TPSA) is 70.2 Å². The Bertz CT molecular complexity index is 682. The van der Waals surface area contributed by atoms with Gasteiger partial charge in [0.15, 0.2) is 10.3 Å². The Morgan fingerprint density at radius 2 is 1.84 bits per heavy atom. The van der Waals surface area contributed by atoms with Gasteiger partial charge in [0, 0.05) is 18.4 Å². The van der Waals surface area contributed by atoms with Crippen LogP contribution in [0.25, 0.3) is 0 Å². The number of quaternary nitrogens is 1. The van der Waals surface area contributed by atoms with Crippen molar-refractivity contribution in [2.75, 3.05) is 38.6 Å². The van der Waals surface area contributed by atoms with Gasteiger partial charge in [0.05, 0.1) is 31.3 Å². The van der Waals surface area contributed by atoms with E-state index in [0.29, 0.717) is 0 Å². The molecule has 0 atom stereocenters. The fourth-order valence-corrected chi connectivity index (χ4v) is 4.58. The highest BCUT2D eigenvalue weighted by molar-refractivity contribution is 7.99. The zero-order chi connectivity index (χ0) is 17.6. The van der Waals surface area contributed by atoms with Crippen LogP contribution in [0.4, 0.5) is 0 Å². The molecular formula is C16H25N6OS2+. The van der Waals surface area contributed by atoms with Crippen molar-refractivity contribution in [1.29, 1.82) is 0 Å². The van der Waals surface area contributed by atoms with Crippen molar-refractivity contribution in [1.82, 2.24) is 24.7 Å². The third kappa shape index (κ3) is 5.40. The first-order valence-corrected chi connectivity index (χ1v) is 10.5. The summed E-state index contributed by atoms with van der Waals surface area (Å²) in [4.78, 5) is 10.5. The molecule has 3 rings (SSSR count). The average Bonchev–Trinajstić information content (AvgIpc) is 2.93. The molecule has 0 aliphatic carbocycles. The first-order valence-electron chi connectivity index (χ1n) is 8.49. The third-order valence-electron chi connectivity index (χ3n) is 4.10. The van der Waals surface area contributed by atoms with Gasteiger partial charge in [-0.3, -0.25) is 0 Å². The Balaban J connectivity index is 1.50. The number of morpholine rings is 1. The molecule has 0 saturated carbocycles. The van der Waals surface area contributed by atoms with E-state index >= 15 is 0 Å². The number of nitrogens with one attached hydrogen (secondary N) is 1. The van der Waals surface area contributed by atoms with E-state index in [-0.39, 0.29) is 0 Å². The lowest BCUT2D eigenvalue weighted by Gasteiger charge is -2.23. The summed E-state index contributed by atoms with van der Waals surface area (Å²) in [5, 5.41) is 10.4. The Labute approximate surface area is 157 Å². The number of rotatable bonds is 7. The van der Waals surface area contributed by atoms with Gasteiger partial charge >= 0.3 is 0 Å². The van der Waals surface area contributed by atoms with Crippen LogP contribution in [0.15, 0.2) is 16.4 Å². The van der Waals surface area contributed by atoms with E-state index in [0.717, 1.165) is 71.9 Å². The molecule has 1 N–H and O–H groups in total. The quantitative estimate of drug-likeness (QED) is 0.554. The largest absolute Gasteiger partial charge is 0.370 e. The summed E-state index contributed by atoms with van der Waals surface area (Å²) in [6, 6.07) is 1.98. The van der Waals surface area contributed by atoms with Crippen molar-refractivity contribution in [3.05, 3.63) is 23.3 Å². The van der Waals surface area contributed by atoms with E-state index in [1.54, 1.807) is 28.4 Å². The van der Waals surface area contributed by atoms with Crippen molar-refractivity contribution < 1.29 is 9.64 Å². The van der Waals surface area contributed by atoms with Crippen molar-refractivity contribution in [2.45, 2.75) is 29.9 Å². The molecule has 9 heteroatoms. The van der Waals surface area contributed by atoms with E-state index < -0.39 is 0 Å². The van der Waals surface area contributed by atoms with Gasteiger partial charge in [-0.2, -0.15) is 0 Å². The summed E-state index contributed by atoms with van der Waals surface area (Å²) < 4.78 is 7.48. The summed E-state index contributed by atoms with van der Waals surface area (Å²) in [7, 11) is 2.03. The normalized spacial score (nSPS) is 15.6. The van der Waals surface area contributed by atoms with Gasteiger partial charge in [0.25, 0.3) is 0 Å². The zero-order valence-electron chi connectivity index (χ0n) is 15.0. The zero-order valence-corrected chi connectivity index (χ0v) is 16.6. The Hall–Kier alpha value is -1.16. The van der Waals surface area contributed by atoms with Crippen LogP contribution in [0.2, 0.25) is 0 Å². The number of nitrogens with zero attached hydrogens (tertiary/aromatic N) is 5. The minimum atomic E-state index is 0.724. The van der Waals surface area contributed by atoms with Gasteiger partial charge < -0.3 is 14.2 Å². The number of aryl methyl sites for hydroxylation is 2. The molecule has 0 aromatic carbocycles. The molecular weight excluding hydrogens is 356 g/mol. The lowest BCUT2D eigenvalue weighted by Crippen LogP contribution is -3.14. The molecule has 0 unspecified atom stereocenters. The predicted molar refractivity (Wildman–Crippen MR) is 99.2 cm³/mol. The lowest BCUT2D eigenvalue weighted by molar-refractivity contribution is -0.905. The first-order chi connectivity index (χ1) is 12.1. The SMILES string of the molecule is Cc1cc(C)nc(SCc2nnc(SCC[NH+]3CCOCC3)n2C)n1. The maximum atomic E-state index is 5.40. The summed E-state index contributed by atoms with van der Waals surface area (Å²) in [5.74, 6) is 2.73. The van der Waals surface area contributed by atoms with Gasteiger partial charge in [0.2, 0.25) is 0 Å². The van der Waals surface area contributed by atoms with Crippen LogP contribution < -0.4 is 4.90 Å². The van der Waals surface area contributed by atoms with Gasteiger partial charge in [-0.25, -0.2) is 9.97 Å². The summed E-state index contributed by atoms with van der Waals surface area (Å²) in [5.41, 5.74) is 1.99. The molecule has 3 heterocycles. The second-order valence-corrected chi connectivity index (χ2v) is 8.15. The second kappa shape index (κ2) is 8.98. The minimum absolute atomic E-state index is 0.724. The van der Waals surface area contributed by atoms with Crippen molar-refractivity contribution in [3.63, 3.8) is 0 Å². The molecule has 2 aromatic rings. The van der Waals surface area contributed by atoms with Crippen LogP contribution in [-0.4, -0.2) is 63.3 Å². The molecule has 0 amide bonds. The second-order valence-electron chi connectivity index (χ2n) is 6.14. The van der Waals surface area contributed by atoms with Crippen LogP contribution >= 0.6 is 23.5 Å². The highest BCUT2D eigenvalue weighted by atomic mass is 32.2. The van der Waals surface area contributed by atoms with Gasteiger partial charge in [-0.15, -0.1) is 10.2 Å². The van der Waals surface area contributed by atoms with Gasteiger partial charge in [-0.1, -0.05) is 23.5 Å². The minimum Gasteiger partial charge on any atom is -0.370 e. The maximum Gasteiger partial charge on any atom is 0.191 e. The van der Waals surface area contributed by atoms with E-state index in [9.17, 15) is 0 Å². The predicted octanol–water partition coefficient (Wildman–Crippen LogP) is 0.521. The van der Waals surface area contributed by atoms with Crippen LogP contribution in [0, 0.1) is 13.8 Å². The molecule has 1 aliphatic rings. The van der Waals surface area contributed by atoms with E-state index in [4.69, 9.17) is 4.74 Å². The van der Waals surface area contributed by atoms with Crippen LogP contribution in [-0.2, 0) is 17.5 Å². The monoisotopic (exact) mass is 381 g/mol. The molecule has 0 radical (unpaired) electrons. The molecule has 136 valence electrons. The Morgan fingerprint density at radius 3 is 2.56 bits per heavy atom. The number of aromatic nitrogens is 5. The van der Waals surface area contributed by atoms with Crippen LogP contribution in [0.5, 0.6) is 0 Å². The van der Waals surface area contributed by atoms with E-state index in [1.807, 2.05) is 27.0 Å². The van der Waals surface area contributed by atoms with Crippen molar-refractivity contribution in [3.8, 4) is 0 Å². The van der Waals surface area contributed by atoms with Gasteiger partial charge in [0.1, 0.15) is 18.9 Å². The summed E-state index contributed by atoms with van der Waals surface area (Å²) in [6.07, 6.45) is 0. The number of thioether (sulfide) groups is 2.